The fourth-order valence-corrected chi connectivity index (χ4v) is 3.28. The lowest BCUT2D eigenvalue weighted by Crippen LogP contribution is -2.39. The first-order valence-electron chi connectivity index (χ1n) is 7.69. The number of hydrogen-bond acceptors (Lipinski definition) is 3. The Morgan fingerprint density at radius 2 is 2.11 bits per heavy atom. The van der Waals surface area contributed by atoms with Crippen LogP contribution < -0.4 is 5.32 Å². The van der Waals surface area contributed by atoms with Gasteiger partial charge in [-0.1, -0.05) is 20.3 Å². The van der Waals surface area contributed by atoms with Gasteiger partial charge in [-0.15, -0.1) is 0 Å². The molecule has 0 bridgehead atoms. The van der Waals surface area contributed by atoms with Gasteiger partial charge in [0.25, 0.3) is 0 Å². The average molecular weight is 256 g/mol. The second-order valence-electron chi connectivity index (χ2n) is 5.58. The molecule has 1 rings (SSSR count). The third-order valence-corrected chi connectivity index (χ3v) is 4.35. The minimum atomic E-state index is 0.541. The molecule has 1 fully saturated rings. The van der Waals surface area contributed by atoms with Crippen molar-refractivity contribution in [2.45, 2.75) is 58.5 Å². The number of likely N-dealkylation sites (N-methyl/N-ethyl adjacent to an activating group) is 1. The summed E-state index contributed by atoms with van der Waals surface area (Å²) in [7, 11) is 1.79. The molecule has 3 nitrogen and oxygen atoms in total. The highest BCUT2D eigenvalue weighted by molar-refractivity contribution is 4.83. The maximum absolute atomic E-state index is 5.26. The Morgan fingerprint density at radius 1 is 1.33 bits per heavy atom. The van der Waals surface area contributed by atoms with E-state index in [-0.39, 0.29) is 0 Å². The molecule has 0 aliphatic heterocycles. The van der Waals surface area contributed by atoms with Gasteiger partial charge in [0.1, 0.15) is 0 Å². The predicted octanol–water partition coefficient (Wildman–Crippen LogP) is 2.51. The number of nitrogens with zero attached hydrogens (tertiary/aromatic N) is 1. The number of ether oxygens (including phenoxy) is 1. The Balaban J connectivity index is 2.32. The average Bonchev–Trinajstić information content (AvgIpc) is 2.78. The lowest BCUT2D eigenvalue weighted by molar-refractivity contribution is 0.0975. The van der Waals surface area contributed by atoms with E-state index in [0.29, 0.717) is 6.04 Å². The normalized spacial score (nSPS) is 25.8. The molecular weight excluding hydrogens is 224 g/mol. The van der Waals surface area contributed by atoms with E-state index < -0.39 is 0 Å². The van der Waals surface area contributed by atoms with Crippen LogP contribution in [0.15, 0.2) is 0 Å². The Hall–Kier alpha value is -0.120. The summed E-state index contributed by atoms with van der Waals surface area (Å²) < 4.78 is 5.26. The van der Waals surface area contributed by atoms with Crippen molar-refractivity contribution in [3.63, 3.8) is 0 Å². The molecule has 3 unspecified atom stereocenters. The monoisotopic (exact) mass is 256 g/mol. The second kappa shape index (κ2) is 8.89. The highest BCUT2D eigenvalue weighted by atomic mass is 16.5. The van der Waals surface area contributed by atoms with Crippen LogP contribution >= 0.6 is 0 Å². The molecule has 3 atom stereocenters. The molecule has 1 aliphatic rings. The zero-order valence-electron chi connectivity index (χ0n) is 12.7. The van der Waals surface area contributed by atoms with Crippen LogP contribution in [-0.2, 0) is 4.74 Å². The van der Waals surface area contributed by atoms with Gasteiger partial charge >= 0.3 is 0 Å². The third-order valence-electron chi connectivity index (χ3n) is 4.35. The first kappa shape index (κ1) is 15.9. The summed E-state index contributed by atoms with van der Waals surface area (Å²) in [6.07, 6.45) is 5.52. The SMILES string of the molecule is CCNC1CCCC1CCN(CC)C(C)COC. The van der Waals surface area contributed by atoms with E-state index >= 15 is 0 Å². The van der Waals surface area contributed by atoms with Crippen LogP contribution in [0.3, 0.4) is 0 Å². The van der Waals surface area contributed by atoms with Crippen LogP contribution in [0.2, 0.25) is 0 Å². The van der Waals surface area contributed by atoms with Crippen LogP contribution in [0.4, 0.5) is 0 Å². The van der Waals surface area contributed by atoms with E-state index in [1.54, 1.807) is 7.11 Å². The van der Waals surface area contributed by atoms with Gasteiger partial charge in [0.15, 0.2) is 0 Å². The van der Waals surface area contributed by atoms with Crippen molar-refractivity contribution in [1.29, 1.82) is 0 Å². The third kappa shape index (κ3) is 4.87. The first-order chi connectivity index (χ1) is 8.72. The highest BCUT2D eigenvalue weighted by Crippen LogP contribution is 2.28. The number of methoxy groups -OCH3 is 1. The van der Waals surface area contributed by atoms with Gasteiger partial charge in [0.05, 0.1) is 6.61 Å². The maximum Gasteiger partial charge on any atom is 0.0615 e. The quantitative estimate of drug-likeness (QED) is 0.686. The summed E-state index contributed by atoms with van der Waals surface area (Å²) in [4.78, 5) is 2.55. The Kier molecular flexibility index (Phi) is 7.87. The van der Waals surface area contributed by atoms with Crippen LogP contribution in [0.1, 0.15) is 46.5 Å². The van der Waals surface area contributed by atoms with Crippen molar-refractivity contribution in [3.05, 3.63) is 0 Å². The molecule has 0 amide bonds. The molecular formula is C15H32N2O. The Labute approximate surface area is 113 Å². The summed E-state index contributed by atoms with van der Waals surface area (Å²) in [6.45, 7) is 11.0. The van der Waals surface area contributed by atoms with Crippen LogP contribution in [0, 0.1) is 5.92 Å². The Bertz CT molecular complexity index is 209. The molecule has 1 N–H and O–H groups in total. The van der Waals surface area contributed by atoms with Gasteiger partial charge in [-0.2, -0.15) is 0 Å². The summed E-state index contributed by atoms with van der Waals surface area (Å²) in [5.74, 6) is 0.883. The smallest absolute Gasteiger partial charge is 0.0615 e. The lowest BCUT2D eigenvalue weighted by atomic mass is 9.99. The molecule has 0 aromatic rings. The van der Waals surface area contributed by atoms with Crippen LogP contribution in [-0.4, -0.2) is 50.3 Å². The lowest BCUT2D eigenvalue weighted by Gasteiger charge is -2.29. The van der Waals surface area contributed by atoms with Crippen molar-refractivity contribution < 1.29 is 4.74 Å². The van der Waals surface area contributed by atoms with Gasteiger partial charge in [-0.05, 0) is 51.7 Å². The van der Waals surface area contributed by atoms with Gasteiger partial charge in [0.2, 0.25) is 0 Å². The molecule has 1 saturated carbocycles. The molecule has 0 radical (unpaired) electrons. The van der Waals surface area contributed by atoms with Gasteiger partial charge in [0, 0.05) is 19.2 Å². The van der Waals surface area contributed by atoms with Crippen molar-refractivity contribution in [1.82, 2.24) is 10.2 Å². The highest BCUT2D eigenvalue weighted by Gasteiger charge is 2.26. The van der Waals surface area contributed by atoms with Crippen molar-refractivity contribution >= 4 is 0 Å². The van der Waals surface area contributed by atoms with Crippen molar-refractivity contribution in [2.75, 3.05) is 33.4 Å². The van der Waals surface area contributed by atoms with E-state index in [1.165, 1.54) is 32.2 Å². The van der Waals surface area contributed by atoms with E-state index in [0.717, 1.165) is 31.7 Å². The van der Waals surface area contributed by atoms with E-state index in [9.17, 15) is 0 Å². The molecule has 1 aliphatic carbocycles. The summed E-state index contributed by atoms with van der Waals surface area (Å²) >= 11 is 0. The molecule has 18 heavy (non-hydrogen) atoms. The number of rotatable bonds is 9. The molecule has 0 aromatic carbocycles. The predicted molar refractivity (Wildman–Crippen MR) is 78.0 cm³/mol. The zero-order chi connectivity index (χ0) is 13.4. The number of nitrogens with one attached hydrogen (secondary N) is 1. The van der Waals surface area contributed by atoms with Gasteiger partial charge in [-0.3, -0.25) is 4.90 Å². The summed E-state index contributed by atoms with van der Waals surface area (Å²) in [5, 5.41) is 3.65. The zero-order valence-corrected chi connectivity index (χ0v) is 12.7. The van der Waals surface area contributed by atoms with E-state index in [4.69, 9.17) is 4.74 Å². The molecule has 108 valence electrons. The van der Waals surface area contributed by atoms with Gasteiger partial charge < -0.3 is 10.1 Å². The largest absolute Gasteiger partial charge is 0.383 e. The second-order valence-corrected chi connectivity index (χ2v) is 5.58. The molecule has 0 heterocycles. The van der Waals surface area contributed by atoms with Crippen molar-refractivity contribution in [3.8, 4) is 0 Å². The summed E-state index contributed by atoms with van der Waals surface area (Å²) in [5.41, 5.74) is 0. The van der Waals surface area contributed by atoms with E-state index in [2.05, 4.69) is 31.0 Å². The number of hydrogen-bond donors (Lipinski definition) is 1. The van der Waals surface area contributed by atoms with E-state index in [1.807, 2.05) is 0 Å². The standard InChI is InChI=1S/C15H32N2O/c1-5-16-15-9-7-8-14(15)10-11-17(6-2)13(3)12-18-4/h13-16H,5-12H2,1-4H3. The topological polar surface area (TPSA) is 24.5 Å². The van der Waals surface area contributed by atoms with Gasteiger partial charge in [-0.25, -0.2) is 0 Å². The molecule has 0 spiro atoms. The molecule has 0 aromatic heterocycles. The maximum atomic E-state index is 5.26. The minimum absolute atomic E-state index is 0.541. The fourth-order valence-electron chi connectivity index (χ4n) is 3.28. The summed E-state index contributed by atoms with van der Waals surface area (Å²) in [6, 6.07) is 1.31. The molecule has 3 heteroatoms. The first-order valence-corrected chi connectivity index (χ1v) is 7.69. The fraction of sp³-hybridized carbons (Fsp3) is 1.00. The van der Waals surface area contributed by atoms with Crippen LogP contribution in [0.5, 0.6) is 0 Å². The van der Waals surface area contributed by atoms with Crippen molar-refractivity contribution in [2.24, 2.45) is 5.92 Å². The molecule has 0 saturated heterocycles. The van der Waals surface area contributed by atoms with Crippen LogP contribution in [0.25, 0.3) is 0 Å². The minimum Gasteiger partial charge on any atom is -0.383 e. The Morgan fingerprint density at radius 3 is 2.72 bits per heavy atom.